The second-order valence-electron chi connectivity index (χ2n) is 5.37. The summed E-state index contributed by atoms with van der Waals surface area (Å²) in [6, 6.07) is 20.6. The van der Waals surface area contributed by atoms with Crippen LogP contribution in [-0.4, -0.2) is 10.5 Å². The number of nitrogens with one attached hydrogen (secondary N) is 1. The van der Waals surface area contributed by atoms with Gasteiger partial charge in [-0.2, -0.15) is 0 Å². The fraction of sp³-hybridized carbons (Fsp3) is 0.235. The predicted octanol–water partition coefficient (Wildman–Crippen LogP) is 3.97. The second-order valence-corrected chi connectivity index (χ2v) is 5.77. The molecule has 0 heterocycles. The van der Waals surface area contributed by atoms with Crippen LogP contribution in [-0.2, 0) is 6.42 Å². The highest BCUT2D eigenvalue weighted by Crippen LogP contribution is 2.14. The smallest absolute Gasteiger partial charge is 0.107 e. The molecule has 0 atom stereocenters. The van der Waals surface area contributed by atoms with E-state index in [1.54, 1.807) is 0 Å². The van der Waals surface area contributed by atoms with Crippen LogP contribution in [0.4, 0.5) is 0 Å². The molecule has 0 aromatic heterocycles. The predicted molar refractivity (Wildman–Crippen MR) is 85.5 cm³/mol. The summed E-state index contributed by atoms with van der Waals surface area (Å²) in [5, 5.41) is 3.45. The first-order valence-electron chi connectivity index (χ1n) is 6.48. The van der Waals surface area contributed by atoms with Gasteiger partial charge >= 0.3 is 0 Å². The van der Waals surface area contributed by atoms with Crippen molar-refractivity contribution in [2.24, 2.45) is 0 Å². The van der Waals surface area contributed by atoms with E-state index in [0.29, 0.717) is 0 Å². The van der Waals surface area contributed by atoms with E-state index in [-0.39, 0.29) is 5.54 Å². The maximum atomic E-state index is 5.47. The molecule has 0 radical (unpaired) electrons. The summed E-state index contributed by atoms with van der Waals surface area (Å²) < 4.78 is 0. The summed E-state index contributed by atoms with van der Waals surface area (Å²) in [7, 11) is 0. The van der Waals surface area contributed by atoms with Crippen LogP contribution < -0.4 is 5.32 Å². The minimum Gasteiger partial charge on any atom is -0.371 e. The van der Waals surface area contributed by atoms with E-state index < -0.39 is 0 Å². The largest absolute Gasteiger partial charge is 0.371 e. The van der Waals surface area contributed by atoms with Crippen LogP contribution in [0.3, 0.4) is 0 Å². The quantitative estimate of drug-likeness (QED) is 0.843. The molecule has 19 heavy (non-hydrogen) atoms. The van der Waals surface area contributed by atoms with Crippen LogP contribution in [0.1, 0.15) is 25.0 Å². The standard InChI is InChI=1S/C17H19NS/c1-17(2,13-14-9-5-3-6-10-14)18-16(19)15-11-7-4-8-12-15/h3-12H,13H2,1-2H3,(H,18,19). The van der Waals surface area contributed by atoms with E-state index in [9.17, 15) is 0 Å². The Labute approximate surface area is 120 Å². The zero-order chi connectivity index (χ0) is 13.7. The van der Waals surface area contributed by atoms with E-state index in [1.165, 1.54) is 5.56 Å². The number of rotatable bonds is 4. The van der Waals surface area contributed by atoms with Crippen molar-refractivity contribution < 1.29 is 0 Å². The molecule has 0 fully saturated rings. The van der Waals surface area contributed by atoms with Gasteiger partial charge in [-0.05, 0) is 25.8 Å². The van der Waals surface area contributed by atoms with E-state index in [2.05, 4.69) is 43.4 Å². The highest BCUT2D eigenvalue weighted by Gasteiger charge is 2.19. The lowest BCUT2D eigenvalue weighted by atomic mass is 9.94. The van der Waals surface area contributed by atoms with Crippen LogP contribution in [0, 0.1) is 0 Å². The van der Waals surface area contributed by atoms with Crippen LogP contribution >= 0.6 is 12.2 Å². The van der Waals surface area contributed by atoms with Gasteiger partial charge in [0.2, 0.25) is 0 Å². The Morgan fingerprint density at radius 2 is 1.47 bits per heavy atom. The Morgan fingerprint density at radius 1 is 0.947 bits per heavy atom. The van der Waals surface area contributed by atoms with E-state index in [1.807, 2.05) is 36.4 Å². The minimum absolute atomic E-state index is 0.0612. The Kier molecular flexibility index (Phi) is 4.33. The molecule has 98 valence electrons. The molecule has 0 aliphatic rings. The van der Waals surface area contributed by atoms with Gasteiger partial charge in [0.15, 0.2) is 0 Å². The molecule has 0 amide bonds. The first-order chi connectivity index (χ1) is 9.07. The van der Waals surface area contributed by atoms with Gasteiger partial charge in [0, 0.05) is 11.1 Å². The van der Waals surface area contributed by atoms with Gasteiger partial charge in [0.1, 0.15) is 4.99 Å². The zero-order valence-corrected chi connectivity index (χ0v) is 12.2. The highest BCUT2D eigenvalue weighted by molar-refractivity contribution is 7.80. The molecule has 0 saturated carbocycles. The van der Waals surface area contributed by atoms with Crippen LogP contribution in [0.15, 0.2) is 60.7 Å². The molecule has 0 spiro atoms. The summed E-state index contributed by atoms with van der Waals surface area (Å²) >= 11 is 5.47. The Balaban J connectivity index is 2.03. The van der Waals surface area contributed by atoms with Crippen molar-refractivity contribution in [2.45, 2.75) is 25.8 Å². The lowest BCUT2D eigenvalue weighted by Gasteiger charge is -2.28. The third-order valence-electron chi connectivity index (χ3n) is 2.98. The van der Waals surface area contributed by atoms with Crippen molar-refractivity contribution in [3.05, 3.63) is 71.8 Å². The Morgan fingerprint density at radius 3 is 2.05 bits per heavy atom. The van der Waals surface area contributed by atoms with Crippen molar-refractivity contribution in [1.29, 1.82) is 0 Å². The van der Waals surface area contributed by atoms with E-state index >= 15 is 0 Å². The first-order valence-corrected chi connectivity index (χ1v) is 6.89. The van der Waals surface area contributed by atoms with Gasteiger partial charge in [0.05, 0.1) is 0 Å². The molecule has 2 aromatic rings. The molecule has 2 aromatic carbocycles. The topological polar surface area (TPSA) is 12.0 Å². The Hall–Kier alpha value is -1.67. The number of hydrogen-bond donors (Lipinski definition) is 1. The number of thiocarbonyl (C=S) groups is 1. The molecular formula is C17H19NS. The van der Waals surface area contributed by atoms with Crippen molar-refractivity contribution in [1.82, 2.24) is 5.32 Å². The van der Waals surface area contributed by atoms with Crippen molar-refractivity contribution >= 4 is 17.2 Å². The van der Waals surface area contributed by atoms with E-state index in [0.717, 1.165) is 17.0 Å². The average Bonchev–Trinajstić information content (AvgIpc) is 2.39. The van der Waals surface area contributed by atoms with Gasteiger partial charge in [-0.3, -0.25) is 0 Å². The van der Waals surface area contributed by atoms with Crippen molar-refractivity contribution in [2.75, 3.05) is 0 Å². The van der Waals surface area contributed by atoms with E-state index in [4.69, 9.17) is 12.2 Å². The van der Waals surface area contributed by atoms with Gasteiger partial charge in [0.25, 0.3) is 0 Å². The zero-order valence-electron chi connectivity index (χ0n) is 11.4. The summed E-state index contributed by atoms with van der Waals surface area (Å²) in [5.41, 5.74) is 2.32. The summed E-state index contributed by atoms with van der Waals surface area (Å²) in [4.78, 5) is 0.807. The maximum absolute atomic E-state index is 5.47. The maximum Gasteiger partial charge on any atom is 0.107 e. The third-order valence-corrected chi connectivity index (χ3v) is 3.31. The lowest BCUT2D eigenvalue weighted by Crippen LogP contribution is -2.44. The molecule has 0 unspecified atom stereocenters. The fourth-order valence-electron chi connectivity index (χ4n) is 2.12. The first kappa shape index (κ1) is 13.8. The number of hydrogen-bond acceptors (Lipinski definition) is 1. The third kappa shape index (κ3) is 4.18. The molecule has 0 saturated heterocycles. The van der Waals surface area contributed by atoms with Crippen LogP contribution in [0.2, 0.25) is 0 Å². The minimum atomic E-state index is -0.0612. The molecule has 0 aliphatic carbocycles. The SMILES string of the molecule is CC(C)(Cc1ccccc1)NC(=S)c1ccccc1. The molecule has 2 rings (SSSR count). The highest BCUT2D eigenvalue weighted by atomic mass is 32.1. The van der Waals surface area contributed by atoms with Crippen LogP contribution in [0.25, 0.3) is 0 Å². The van der Waals surface area contributed by atoms with Gasteiger partial charge in [-0.25, -0.2) is 0 Å². The monoisotopic (exact) mass is 269 g/mol. The van der Waals surface area contributed by atoms with Crippen molar-refractivity contribution in [3.63, 3.8) is 0 Å². The number of benzene rings is 2. The normalized spacial score (nSPS) is 11.1. The van der Waals surface area contributed by atoms with Gasteiger partial charge in [-0.1, -0.05) is 72.9 Å². The molecular weight excluding hydrogens is 250 g/mol. The Bertz CT molecular complexity index is 532. The molecule has 1 N–H and O–H groups in total. The summed E-state index contributed by atoms with van der Waals surface area (Å²) in [6.07, 6.45) is 0.945. The fourth-order valence-corrected chi connectivity index (χ4v) is 2.53. The lowest BCUT2D eigenvalue weighted by molar-refractivity contribution is 0.461. The molecule has 1 nitrogen and oxygen atoms in total. The molecule has 2 heteroatoms. The summed E-state index contributed by atoms with van der Waals surface area (Å²) in [6.45, 7) is 4.35. The van der Waals surface area contributed by atoms with Crippen LogP contribution in [0.5, 0.6) is 0 Å². The summed E-state index contributed by atoms with van der Waals surface area (Å²) in [5.74, 6) is 0. The second kappa shape index (κ2) is 5.98. The average molecular weight is 269 g/mol. The molecule has 0 aliphatic heterocycles. The van der Waals surface area contributed by atoms with Gasteiger partial charge < -0.3 is 5.32 Å². The van der Waals surface area contributed by atoms with Gasteiger partial charge in [-0.15, -0.1) is 0 Å². The van der Waals surface area contributed by atoms with Crippen molar-refractivity contribution in [3.8, 4) is 0 Å². The molecule has 0 bridgehead atoms.